The molecule has 0 saturated heterocycles. The van der Waals surface area contributed by atoms with E-state index >= 15 is 0 Å². The van der Waals surface area contributed by atoms with Crippen molar-refractivity contribution in [1.29, 1.82) is 0 Å². The SMILES string of the molecule is C[CH]c1ccc2c(c1)CCO2. The van der Waals surface area contributed by atoms with Gasteiger partial charge < -0.3 is 4.74 Å². The third-order valence-electron chi connectivity index (χ3n) is 2.05. The molecule has 1 aliphatic rings. The molecule has 0 bridgehead atoms. The number of ether oxygens (including phenoxy) is 1. The third-order valence-corrected chi connectivity index (χ3v) is 2.05. The van der Waals surface area contributed by atoms with E-state index in [-0.39, 0.29) is 0 Å². The molecule has 0 saturated carbocycles. The fourth-order valence-corrected chi connectivity index (χ4v) is 1.39. The Morgan fingerprint density at radius 3 is 3.18 bits per heavy atom. The predicted molar refractivity (Wildman–Crippen MR) is 44.7 cm³/mol. The zero-order valence-electron chi connectivity index (χ0n) is 6.63. The average Bonchev–Trinajstić information content (AvgIpc) is 2.50. The highest BCUT2D eigenvalue weighted by molar-refractivity contribution is 5.41. The highest BCUT2D eigenvalue weighted by Crippen LogP contribution is 2.26. The van der Waals surface area contributed by atoms with Crippen molar-refractivity contribution in [2.45, 2.75) is 13.3 Å². The van der Waals surface area contributed by atoms with Crippen LogP contribution in [0, 0.1) is 6.42 Å². The molecular formula is C10H11O. The van der Waals surface area contributed by atoms with Crippen LogP contribution in [0.2, 0.25) is 0 Å². The van der Waals surface area contributed by atoms with Gasteiger partial charge in [-0.1, -0.05) is 19.1 Å². The first-order valence-electron chi connectivity index (χ1n) is 3.95. The van der Waals surface area contributed by atoms with E-state index in [1.807, 2.05) is 0 Å². The van der Waals surface area contributed by atoms with Gasteiger partial charge in [-0.15, -0.1) is 0 Å². The van der Waals surface area contributed by atoms with Crippen molar-refractivity contribution >= 4 is 0 Å². The molecule has 1 heteroatoms. The Kier molecular flexibility index (Phi) is 1.57. The molecular weight excluding hydrogens is 136 g/mol. The topological polar surface area (TPSA) is 9.23 Å². The van der Waals surface area contributed by atoms with E-state index in [1.54, 1.807) is 0 Å². The van der Waals surface area contributed by atoms with E-state index < -0.39 is 0 Å². The normalized spacial score (nSPS) is 14.3. The third kappa shape index (κ3) is 1.11. The van der Waals surface area contributed by atoms with Gasteiger partial charge in [-0.25, -0.2) is 0 Å². The van der Waals surface area contributed by atoms with Gasteiger partial charge >= 0.3 is 0 Å². The summed E-state index contributed by atoms with van der Waals surface area (Å²) in [4.78, 5) is 0. The summed E-state index contributed by atoms with van der Waals surface area (Å²) >= 11 is 0. The largest absolute Gasteiger partial charge is 0.493 e. The number of rotatable bonds is 1. The Morgan fingerprint density at radius 1 is 1.45 bits per heavy atom. The molecule has 1 nitrogen and oxygen atoms in total. The lowest BCUT2D eigenvalue weighted by atomic mass is 10.1. The Hall–Kier alpha value is -0.980. The summed E-state index contributed by atoms with van der Waals surface area (Å²) in [6, 6.07) is 6.34. The minimum atomic E-state index is 0.850. The van der Waals surface area contributed by atoms with Crippen LogP contribution >= 0.6 is 0 Å². The zero-order valence-corrected chi connectivity index (χ0v) is 6.63. The minimum Gasteiger partial charge on any atom is -0.493 e. The number of hydrogen-bond donors (Lipinski definition) is 0. The van der Waals surface area contributed by atoms with Crippen LogP contribution < -0.4 is 4.74 Å². The summed E-state index contributed by atoms with van der Waals surface area (Å²) in [5.74, 6) is 1.07. The zero-order chi connectivity index (χ0) is 7.68. The average molecular weight is 147 g/mol. The Labute approximate surface area is 67.0 Å². The van der Waals surface area contributed by atoms with Crippen LogP contribution in [0.4, 0.5) is 0 Å². The van der Waals surface area contributed by atoms with E-state index in [0.717, 1.165) is 18.8 Å². The van der Waals surface area contributed by atoms with Gasteiger partial charge in [0, 0.05) is 6.42 Å². The summed E-state index contributed by atoms with van der Waals surface area (Å²) in [7, 11) is 0. The predicted octanol–water partition coefficient (Wildman–Crippen LogP) is 2.19. The number of fused-ring (bicyclic) bond motifs is 1. The van der Waals surface area contributed by atoms with Gasteiger partial charge in [0.05, 0.1) is 6.61 Å². The van der Waals surface area contributed by atoms with Crippen LogP contribution in [0.1, 0.15) is 18.1 Å². The van der Waals surface area contributed by atoms with E-state index in [4.69, 9.17) is 4.74 Å². The molecule has 0 aliphatic carbocycles. The summed E-state index contributed by atoms with van der Waals surface area (Å²) in [6.45, 7) is 2.90. The Bertz CT molecular complexity index is 266. The minimum absolute atomic E-state index is 0.850. The molecule has 0 amide bonds. The van der Waals surface area contributed by atoms with Gasteiger partial charge in [-0.2, -0.15) is 0 Å². The van der Waals surface area contributed by atoms with E-state index in [0.29, 0.717) is 0 Å². The molecule has 1 aromatic carbocycles. The fourth-order valence-electron chi connectivity index (χ4n) is 1.39. The van der Waals surface area contributed by atoms with Gasteiger partial charge in [0.25, 0.3) is 0 Å². The molecule has 1 aliphatic heterocycles. The van der Waals surface area contributed by atoms with Crippen molar-refractivity contribution in [3.8, 4) is 5.75 Å². The van der Waals surface area contributed by atoms with Gasteiger partial charge in [0.15, 0.2) is 0 Å². The summed E-state index contributed by atoms with van der Waals surface area (Å²) in [6.07, 6.45) is 3.18. The first-order chi connectivity index (χ1) is 5.40. The van der Waals surface area contributed by atoms with Gasteiger partial charge in [0.1, 0.15) is 5.75 Å². The quantitative estimate of drug-likeness (QED) is 0.591. The van der Waals surface area contributed by atoms with Gasteiger partial charge in [-0.3, -0.25) is 0 Å². The molecule has 0 aromatic heterocycles. The molecule has 0 fully saturated rings. The molecule has 2 rings (SSSR count). The van der Waals surface area contributed by atoms with E-state index in [2.05, 4.69) is 31.5 Å². The lowest BCUT2D eigenvalue weighted by Crippen LogP contribution is -1.85. The second kappa shape index (κ2) is 2.57. The molecule has 0 spiro atoms. The molecule has 0 atom stereocenters. The van der Waals surface area contributed by atoms with Crippen molar-refractivity contribution in [1.82, 2.24) is 0 Å². The maximum absolute atomic E-state index is 5.38. The smallest absolute Gasteiger partial charge is 0.122 e. The second-order valence-electron chi connectivity index (χ2n) is 2.75. The number of benzene rings is 1. The highest BCUT2D eigenvalue weighted by atomic mass is 16.5. The van der Waals surface area contributed by atoms with Gasteiger partial charge in [0.2, 0.25) is 0 Å². The van der Waals surface area contributed by atoms with Crippen LogP contribution in [-0.2, 0) is 6.42 Å². The van der Waals surface area contributed by atoms with Crippen molar-refractivity contribution in [2.75, 3.05) is 6.61 Å². The summed E-state index contributed by atoms with van der Waals surface area (Å²) in [5.41, 5.74) is 2.63. The van der Waals surface area contributed by atoms with Crippen LogP contribution in [0.5, 0.6) is 5.75 Å². The monoisotopic (exact) mass is 147 g/mol. The van der Waals surface area contributed by atoms with Crippen LogP contribution in [0.25, 0.3) is 0 Å². The van der Waals surface area contributed by atoms with Crippen molar-refractivity contribution in [2.24, 2.45) is 0 Å². The molecule has 0 N–H and O–H groups in total. The molecule has 11 heavy (non-hydrogen) atoms. The maximum Gasteiger partial charge on any atom is 0.122 e. The summed E-state index contributed by atoms with van der Waals surface area (Å²) < 4.78 is 5.38. The molecule has 1 heterocycles. The summed E-state index contributed by atoms with van der Waals surface area (Å²) in [5, 5.41) is 0. The van der Waals surface area contributed by atoms with Crippen molar-refractivity contribution in [3.63, 3.8) is 0 Å². The second-order valence-corrected chi connectivity index (χ2v) is 2.75. The first-order valence-corrected chi connectivity index (χ1v) is 3.95. The van der Waals surface area contributed by atoms with Crippen LogP contribution in [0.15, 0.2) is 18.2 Å². The number of hydrogen-bond acceptors (Lipinski definition) is 1. The molecule has 0 unspecified atom stereocenters. The Morgan fingerprint density at radius 2 is 2.36 bits per heavy atom. The van der Waals surface area contributed by atoms with Crippen LogP contribution in [0.3, 0.4) is 0 Å². The lowest BCUT2D eigenvalue weighted by Gasteiger charge is -1.99. The highest BCUT2D eigenvalue weighted by Gasteiger charge is 2.10. The van der Waals surface area contributed by atoms with Crippen molar-refractivity contribution < 1.29 is 4.74 Å². The maximum atomic E-state index is 5.38. The first kappa shape index (κ1) is 6.71. The Balaban J connectivity index is 2.41. The lowest BCUT2D eigenvalue weighted by molar-refractivity contribution is 0.357. The fraction of sp³-hybridized carbons (Fsp3) is 0.300. The van der Waals surface area contributed by atoms with E-state index in [9.17, 15) is 0 Å². The van der Waals surface area contributed by atoms with E-state index in [1.165, 1.54) is 11.1 Å². The molecule has 1 aromatic rings. The molecule has 57 valence electrons. The molecule has 1 radical (unpaired) electrons. The van der Waals surface area contributed by atoms with Crippen LogP contribution in [-0.4, -0.2) is 6.61 Å². The standard InChI is InChI=1S/C10H11O/c1-2-8-3-4-10-9(7-8)5-6-11-10/h2-4,7H,5-6H2,1H3. The van der Waals surface area contributed by atoms with Gasteiger partial charge in [-0.05, 0) is 23.6 Å². The van der Waals surface area contributed by atoms with Crippen molar-refractivity contribution in [3.05, 3.63) is 35.7 Å².